The molecule has 0 aliphatic carbocycles. The second-order valence-electron chi connectivity index (χ2n) is 6.34. The van der Waals surface area contributed by atoms with E-state index in [9.17, 15) is 4.79 Å². The van der Waals surface area contributed by atoms with Crippen LogP contribution in [0.2, 0.25) is 0 Å². The van der Waals surface area contributed by atoms with Gasteiger partial charge in [-0.2, -0.15) is 5.10 Å². The van der Waals surface area contributed by atoms with Crippen LogP contribution in [-0.4, -0.2) is 37.5 Å². The Morgan fingerprint density at radius 2 is 1.96 bits per heavy atom. The van der Waals surface area contributed by atoms with Gasteiger partial charge in [0, 0.05) is 44.2 Å². The lowest BCUT2D eigenvalue weighted by Crippen LogP contribution is -2.24. The summed E-state index contributed by atoms with van der Waals surface area (Å²) in [5.74, 6) is 1.75. The minimum absolute atomic E-state index is 0.0462. The number of carbonyl (C=O) groups excluding carboxylic acids is 1. The minimum atomic E-state index is 0.0462. The van der Waals surface area contributed by atoms with E-state index in [4.69, 9.17) is 0 Å². The van der Waals surface area contributed by atoms with Crippen LogP contribution >= 0.6 is 0 Å². The molecule has 1 amide bonds. The zero-order valence-electron chi connectivity index (χ0n) is 13.8. The van der Waals surface area contributed by atoms with E-state index in [-0.39, 0.29) is 11.8 Å². The zero-order chi connectivity index (χ0) is 17.1. The number of hydrogen-bond acceptors (Lipinski definition) is 4. The van der Waals surface area contributed by atoms with Crippen LogP contribution in [0.3, 0.4) is 0 Å². The Labute approximate surface area is 145 Å². The van der Waals surface area contributed by atoms with Crippen LogP contribution in [0.25, 0.3) is 0 Å². The smallest absolute Gasteiger partial charge is 0.223 e. The molecule has 0 spiro atoms. The molecule has 1 fully saturated rings. The molecule has 126 valence electrons. The van der Waals surface area contributed by atoms with Crippen molar-refractivity contribution in [3.05, 3.63) is 77.6 Å². The van der Waals surface area contributed by atoms with Gasteiger partial charge in [0.05, 0.1) is 0 Å². The number of amides is 1. The Morgan fingerprint density at radius 1 is 1.12 bits per heavy atom. The second-order valence-corrected chi connectivity index (χ2v) is 6.34. The molecule has 1 aliphatic rings. The number of pyridine rings is 1. The van der Waals surface area contributed by atoms with Crippen LogP contribution < -0.4 is 0 Å². The molecule has 3 aromatic rings. The van der Waals surface area contributed by atoms with E-state index in [1.807, 2.05) is 35.2 Å². The third-order valence-electron chi connectivity index (χ3n) is 4.44. The quantitative estimate of drug-likeness (QED) is 0.777. The van der Waals surface area contributed by atoms with E-state index in [0.29, 0.717) is 25.9 Å². The standard InChI is InChI=1S/C19H19N5O/c25-18-10-16(13-24(18)12-15-7-4-8-20-11-15)19-21-17(22-23-19)9-14-5-2-1-3-6-14/h1-8,11,16H,9-10,12-13H2,(H,21,22,23)/t16-/m0/s1. The number of nitrogens with one attached hydrogen (secondary N) is 1. The van der Waals surface area contributed by atoms with Crippen LogP contribution in [0.15, 0.2) is 54.9 Å². The number of benzene rings is 1. The van der Waals surface area contributed by atoms with Gasteiger partial charge in [-0.05, 0) is 17.2 Å². The average molecular weight is 333 g/mol. The summed E-state index contributed by atoms with van der Waals surface area (Å²) >= 11 is 0. The van der Waals surface area contributed by atoms with Gasteiger partial charge in [-0.15, -0.1) is 0 Å². The van der Waals surface area contributed by atoms with Crippen molar-refractivity contribution in [1.82, 2.24) is 25.1 Å². The Hall–Kier alpha value is -3.02. The molecular weight excluding hydrogens is 314 g/mol. The zero-order valence-corrected chi connectivity index (χ0v) is 13.8. The van der Waals surface area contributed by atoms with Crippen LogP contribution in [0.1, 0.15) is 35.1 Å². The van der Waals surface area contributed by atoms with Crippen LogP contribution in [0, 0.1) is 0 Å². The van der Waals surface area contributed by atoms with Gasteiger partial charge in [-0.25, -0.2) is 4.98 Å². The Morgan fingerprint density at radius 3 is 2.76 bits per heavy atom. The number of rotatable bonds is 5. The van der Waals surface area contributed by atoms with Crippen molar-refractivity contribution in [3.8, 4) is 0 Å². The van der Waals surface area contributed by atoms with E-state index >= 15 is 0 Å². The lowest BCUT2D eigenvalue weighted by atomic mass is 10.1. The maximum atomic E-state index is 12.3. The number of hydrogen-bond donors (Lipinski definition) is 1. The van der Waals surface area contributed by atoms with E-state index in [2.05, 4.69) is 32.3 Å². The molecular formula is C19H19N5O. The molecule has 0 bridgehead atoms. The van der Waals surface area contributed by atoms with Gasteiger partial charge in [0.15, 0.2) is 5.82 Å². The second kappa shape index (κ2) is 6.84. The molecule has 6 nitrogen and oxygen atoms in total. The van der Waals surface area contributed by atoms with E-state index < -0.39 is 0 Å². The highest BCUT2D eigenvalue weighted by molar-refractivity contribution is 5.79. The lowest BCUT2D eigenvalue weighted by molar-refractivity contribution is -0.128. The van der Waals surface area contributed by atoms with Crippen LogP contribution in [0.5, 0.6) is 0 Å². The van der Waals surface area contributed by atoms with Gasteiger partial charge in [-0.1, -0.05) is 36.4 Å². The Balaban J connectivity index is 1.42. The fourth-order valence-corrected chi connectivity index (χ4v) is 3.17. The number of nitrogens with zero attached hydrogens (tertiary/aromatic N) is 4. The summed E-state index contributed by atoms with van der Waals surface area (Å²) in [5.41, 5.74) is 2.22. The van der Waals surface area contributed by atoms with Crippen molar-refractivity contribution in [2.45, 2.75) is 25.3 Å². The molecule has 1 atom stereocenters. The summed E-state index contributed by atoms with van der Waals surface area (Å²) in [7, 11) is 0. The molecule has 1 aliphatic heterocycles. The third-order valence-corrected chi connectivity index (χ3v) is 4.44. The van der Waals surface area contributed by atoms with Crippen molar-refractivity contribution < 1.29 is 4.79 Å². The number of carbonyl (C=O) groups is 1. The van der Waals surface area contributed by atoms with E-state index in [1.54, 1.807) is 12.4 Å². The summed E-state index contributed by atoms with van der Waals surface area (Å²) in [6.45, 7) is 1.24. The van der Waals surface area contributed by atoms with Gasteiger partial charge in [0.2, 0.25) is 5.91 Å². The largest absolute Gasteiger partial charge is 0.338 e. The van der Waals surface area contributed by atoms with Gasteiger partial charge in [-0.3, -0.25) is 14.9 Å². The topological polar surface area (TPSA) is 74.8 Å². The summed E-state index contributed by atoms with van der Waals surface area (Å²) in [4.78, 5) is 22.9. The fraction of sp³-hybridized carbons (Fsp3) is 0.263. The first kappa shape index (κ1) is 15.5. The highest BCUT2D eigenvalue weighted by Crippen LogP contribution is 2.27. The van der Waals surface area contributed by atoms with E-state index in [0.717, 1.165) is 17.2 Å². The van der Waals surface area contributed by atoms with Gasteiger partial charge in [0.1, 0.15) is 5.82 Å². The molecule has 0 unspecified atom stereocenters. The Kier molecular flexibility index (Phi) is 4.24. The predicted octanol–water partition coefficient (Wildman–Crippen LogP) is 2.31. The number of aromatic nitrogens is 4. The first-order valence-corrected chi connectivity index (χ1v) is 8.40. The average Bonchev–Trinajstić information content (AvgIpc) is 3.24. The molecule has 2 aromatic heterocycles. The third kappa shape index (κ3) is 3.57. The molecule has 1 saturated heterocycles. The number of aromatic amines is 1. The van der Waals surface area contributed by atoms with E-state index in [1.165, 1.54) is 5.56 Å². The molecule has 4 rings (SSSR count). The predicted molar refractivity (Wildman–Crippen MR) is 92.6 cm³/mol. The first-order chi connectivity index (χ1) is 12.3. The fourth-order valence-electron chi connectivity index (χ4n) is 3.17. The van der Waals surface area contributed by atoms with Crippen molar-refractivity contribution in [2.75, 3.05) is 6.54 Å². The van der Waals surface area contributed by atoms with Crippen molar-refractivity contribution in [2.24, 2.45) is 0 Å². The van der Waals surface area contributed by atoms with Crippen molar-refractivity contribution in [1.29, 1.82) is 0 Å². The number of H-pyrrole nitrogens is 1. The highest BCUT2D eigenvalue weighted by Gasteiger charge is 2.33. The molecule has 0 saturated carbocycles. The lowest BCUT2D eigenvalue weighted by Gasteiger charge is -2.15. The summed E-state index contributed by atoms with van der Waals surface area (Å²) in [6.07, 6.45) is 4.71. The summed E-state index contributed by atoms with van der Waals surface area (Å²) in [6, 6.07) is 14.0. The summed E-state index contributed by atoms with van der Waals surface area (Å²) < 4.78 is 0. The molecule has 25 heavy (non-hydrogen) atoms. The monoisotopic (exact) mass is 333 g/mol. The molecule has 1 N–H and O–H groups in total. The maximum Gasteiger partial charge on any atom is 0.223 e. The molecule has 6 heteroatoms. The summed E-state index contributed by atoms with van der Waals surface area (Å²) in [5, 5.41) is 7.35. The van der Waals surface area contributed by atoms with Gasteiger partial charge in [0.25, 0.3) is 0 Å². The molecule has 1 aromatic carbocycles. The Bertz CT molecular complexity index is 847. The molecule has 0 radical (unpaired) electrons. The first-order valence-electron chi connectivity index (χ1n) is 8.40. The maximum absolute atomic E-state index is 12.3. The van der Waals surface area contributed by atoms with Crippen molar-refractivity contribution >= 4 is 5.91 Å². The SMILES string of the molecule is O=C1C[C@H](c2n[nH]c(Cc3ccccc3)n2)CN1Cc1cccnc1. The van der Waals surface area contributed by atoms with Gasteiger partial charge >= 0.3 is 0 Å². The van der Waals surface area contributed by atoms with Crippen LogP contribution in [-0.2, 0) is 17.8 Å². The van der Waals surface area contributed by atoms with Crippen molar-refractivity contribution in [3.63, 3.8) is 0 Å². The van der Waals surface area contributed by atoms with Gasteiger partial charge < -0.3 is 4.90 Å². The minimum Gasteiger partial charge on any atom is -0.338 e. The number of likely N-dealkylation sites (tertiary alicyclic amines) is 1. The highest BCUT2D eigenvalue weighted by atomic mass is 16.2. The molecule has 3 heterocycles. The van der Waals surface area contributed by atoms with Crippen LogP contribution in [0.4, 0.5) is 0 Å². The normalized spacial score (nSPS) is 17.2.